The van der Waals surface area contributed by atoms with Crippen LogP contribution in [0, 0.1) is 0 Å². The number of carbonyl (C=O) groups excluding carboxylic acids is 2. The minimum atomic E-state index is -0.417. The molecule has 1 aliphatic heterocycles. The minimum absolute atomic E-state index is 0.0107. The molecule has 0 saturated carbocycles. The van der Waals surface area contributed by atoms with Gasteiger partial charge in [-0.05, 0) is 35.9 Å². The van der Waals surface area contributed by atoms with Crippen molar-refractivity contribution in [2.45, 2.75) is 20.3 Å². The second-order valence-corrected chi connectivity index (χ2v) is 4.24. The number of carbonyl (C=O) groups is 2. The first kappa shape index (κ1) is 13.0. The number of ketones is 1. The van der Waals surface area contributed by atoms with E-state index in [4.69, 9.17) is 4.74 Å². The molecule has 0 aliphatic carbocycles. The molecular weight excluding hydrogens is 274 g/mol. The fraction of sp³-hybridized carbons (Fsp3) is 0.455. The first-order valence-electron chi connectivity index (χ1n) is 5.05. The van der Waals surface area contributed by atoms with Crippen LogP contribution in [0.15, 0.2) is 22.3 Å². The summed E-state index contributed by atoms with van der Waals surface area (Å²) < 4.78 is 5.68. The first-order valence-corrected chi connectivity index (χ1v) is 5.84. The lowest BCUT2D eigenvalue weighted by Crippen LogP contribution is -2.33. The minimum Gasteiger partial charge on any atom is -0.449 e. The zero-order valence-electron chi connectivity index (χ0n) is 9.33. The van der Waals surface area contributed by atoms with Gasteiger partial charge in [-0.25, -0.2) is 4.79 Å². The molecule has 16 heavy (non-hydrogen) atoms. The van der Waals surface area contributed by atoms with Crippen molar-refractivity contribution in [3.05, 3.63) is 22.3 Å². The summed E-state index contributed by atoms with van der Waals surface area (Å²) in [6, 6.07) is 0. The number of hydrogen-bond acceptors (Lipinski definition) is 3. The summed E-state index contributed by atoms with van der Waals surface area (Å²) in [5.41, 5.74) is 0.661. The molecule has 0 spiro atoms. The fourth-order valence-corrected chi connectivity index (χ4v) is 1.94. The van der Waals surface area contributed by atoms with E-state index in [0.29, 0.717) is 18.8 Å². The molecule has 0 aromatic heterocycles. The monoisotopic (exact) mass is 287 g/mol. The summed E-state index contributed by atoms with van der Waals surface area (Å²) >= 11 is 3.33. The Bertz CT molecular complexity index is 360. The van der Waals surface area contributed by atoms with Crippen molar-refractivity contribution >= 4 is 27.8 Å². The van der Waals surface area contributed by atoms with Crippen molar-refractivity contribution in [3.8, 4) is 0 Å². The van der Waals surface area contributed by atoms with Crippen LogP contribution in [-0.4, -0.2) is 29.9 Å². The smallest absolute Gasteiger partial charge is 0.414 e. The van der Waals surface area contributed by atoms with Crippen LogP contribution >= 0.6 is 15.9 Å². The van der Waals surface area contributed by atoms with Gasteiger partial charge in [0.25, 0.3) is 0 Å². The zero-order chi connectivity index (χ0) is 12.1. The molecule has 4 nitrogen and oxygen atoms in total. The van der Waals surface area contributed by atoms with Gasteiger partial charge in [0.05, 0.1) is 6.61 Å². The van der Waals surface area contributed by atoms with Gasteiger partial charge in [-0.3, -0.25) is 9.69 Å². The predicted octanol–water partition coefficient (Wildman–Crippen LogP) is 2.60. The van der Waals surface area contributed by atoms with Crippen LogP contribution in [0.25, 0.3) is 0 Å². The van der Waals surface area contributed by atoms with Crippen molar-refractivity contribution in [1.82, 2.24) is 4.90 Å². The highest BCUT2D eigenvalue weighted by atomic mass is 79.9. The summed E-state index contributed by atoms with van der Waals surface area (Å²) in [5, 5.41) is 0. The number of allylic oxidation sites excluding steroid dienone is 3. The van der Waals surface area contributed by atoms with Crippen LogP contribution in [0.1, 0.15) is 20.3 Å². The number of Topliss-reactive ketones (excluding diaryl/α,β-unsaturated/α-hetero) is 1. The van der Waals surface area contributed by atoms with E-state index in [1.165, 1.54) is 11.8 Å². The second-order valence-electron chi connectivity index (χ2n) is 3.39. The normalized spacial score (nSPS) is 15.3. The van der Waals surface area contributed by atoms with E-state index in [1.807, 2.05) is 12.2 Å². The van der Waals surface area contributed by atoms with E-state index in [-0.39, 0.29) is 12.2 Å². The molecular formula is C11H14BrNO3. The topological polar surface area (TPSA) is 46.6 Å². The molecule has 0 N–H and O–H groups in total. The second kappa shape index (κ2) is 5.84. The lowest BCUT2D eigenvalue weighted by molar-refractivity contribution is -0.116. The van der Waals surface area contributed by atoms with E-state index in [2.05, 4.69) is 15.9 Å². The molecule has 1 heterocycles. The van der Waals surface area contributed by atoms with Gasteiger partial charge in [-0.2, -0.15) is 0 Å². The summed E-state index contributed by atoms with van der Waals surface area (Å²) in [6.07, 6.45) is 3.49. The Hall–Kier alpha value is -1.10. The quantitative estimate of drug-likeness (QED) is 0.802. The van der Waals surface area contributed by atoms with Crippen LogP contribution in [0.2, 0.25) is 0 Å². The molecule has 1 rings (SSSR count). The van der Waals surface area contributed by atoms with E-state index in [9.17, 15) is 9.59 Å². The highest BCUT2D eigenvalue weighted by Gasteiger charge is 2.23. The van der Waals surface area contributed by atoms with Crippen molar-refractivity contribution in [2.24, 2.45) is 0 Å². The third-order valence-corrected chi connectivity index (χ3v) is 2.78. The van der Waals surface area contributed by atoms with Crippen molar-refractivity contribution < 1.29 is 14.3 Å². The van der Waals surface area contributed by atoms with E-state index >= 15 is 0 Å². The number of nitrogens with zero attached hydrogens (tertiary/aromatic N) is 1. The van der Waals surface area contributed by atoms with Crippen molar-refractivity contribution in [1.29, 1.82) is 0 Å². The molecule has 5 heteroatoms. The summed E-state index contributed by atoms with van der Waals surface area (Å²) in [6.45, 7) is 4.01. The lowest BCUT2D eigenvalue weighted by Gasteiger charge is -2.26. The van der Waals surface area contributed by atoms with Crippen LogP contribution in [0.4, 0.5) is 4.79 Å². The average Bonchev–Trinajstić information content (AvgIpc) is 2.20. The largest absolute Gasteiger partial charge is 0.449 e. The third kappa shape index (κ3) is 3.20. The summed E-state index contributed by atoms with van der Waals surface area (Å²) in [4.78, 5) is 24.2. The number of halogens is 1. The highest BCUT2D eigenvalue weighted by molar-refractivity contribution is 9.11. The van der Waals surface area contributed by atoms with Crippen LogP contribution < -0.4 is 0 Å². The molecule has 0 bridgehead atoms. The van der Waals surface area contributed by atoms with Gasteiger partial charge in [0.15, 0.2) is 0 Å². The van der Waals surface area contributed by atoms with E-state index < -0.39 is 6.09 Å². The maximum absolute atomic E-state index is 11.6. The third-order valence-electron chi connectivity index (χ3n) is 2.06. The Balaban J connectivity index is 2.88. The van der Waals surface area contributed by atoms with Gasteiger partial charge < -0.3 is 4.74 Å². The number of rotatable bonds is 3. The molecule has 0 atom stereocenters. The van der Waals surface area contributed by atoms with Gasteiger partial charge in [0.1, 0.15) is 5.78 Å². The number of hydrogen-bond donors (Lipinski definition) is 0. The standard InChI is InChI=1S/C11H14BrNO3/c1-3-16-11(15)13-6-4-5-9(12)10(13)7-8(2)14/h4-5H,3,6-7H2,1-2H3. The molecule has 0 aromatic carbocycles. The van der Waals surface area contributed by atoms with Crippen LogP contribution in [0.5, 0.6) is 0 Å². The molecule has 1 amide bonds. The maximum Gasteiger partial charge on any atom is 0.414 e. The van der Waals surface area contributed by atoms with Gasteiger partial charge in [-0.15, -0.1) is 0 Å². The first-order chi connectivity index (χ1) is 7.56. The predicted molar refractivity (Wildman–Crippen MR) is 64.1 cm³/mol. The number of ether oxygens (including phenoxy) is 1. The Labute approximate surface area is 103 Å². The molecule has 0 aromatic rings. The molecule has 0 unspecified atom stereocenters. The van der Waals surface area contributed by atoms with Crippen LogP contribution in [0.3, 0.4) is 0 Å². The Kier molecular flexibility index (Phi) is 4.73. The fourth-order valence-electron chi connectivity index (χ4n) is 1.40. The van der Waals surface area contributed by atoms with Crippen molar-refractivity contribution in [3.63, 3.8) is 0 Å². The molecule has 0 radical (unpaired) electrons. The zero-order valence-corrected chi connectivity index (χ0v) is 10.9. The average molecular weight is 288 g/mol. The molecule has 0 fully saturated rings. The SMILES string of the molecule is CCOC(=O)N1CC=CC(Br)=C1CC(C)=O. The Morgan fingerprint density at radius 2 is 2.25 bits per heavy atom. The van der Waals surface area contributed by atoms with Gasteiger partial charge >= 0.3 is 6.09 Å². The Morgan fingerprint density at radius 3 is 2.81 bits per heavy atom. The highest BCUT2D eigenvalue weighted by Crippen LogP contribution is 2.25. The molecule has 1 aliphatic rings. The Morgan fingerprint density at radius 1 is 1.56 bits per heavy atom. The van der Waals surface area contributed by atoms with E-state index in [0.717, 1.165) is 4.48 Å². The van der Waals surface area contributed by atoms with Gasteiger partial charge in [-0.1, -0.05) is 6.08 Å². The number of amides is 1. The molecule has 0 saturated heterocycles. The van der Waals surface area contributed by atoms with E-state index in [1.54, 1.807) is 6.92 Å². The van der Waals surface area contributed by atoms with Crippen molar-refractivity contribution in [2.75, 3.05) is 13.2 Å². The van der Waals surface area contributed by atoms with Crippen LogP contribution in [-0.2, 0) is 9.53 Å². The van der Waals surface area contributed by atoms with Gasteiger partial charge in [0, 0.05) is 23.1 Å². The lowest BCUT2D eigenvalue weighted by atomic mass is 10.1. The summed E-state index contributed by atoms with van der Waals surface area (Å²) in [5.74, 6) is 0.0107. The summed E-state index contributed by atoms with van der Waals surface area (Å²) in [7, 11) is 0. The maximum atomic E-state index is 11.6. The molecule has 88 valence electrons. The van der Waals surface area contributed by atoms with Gasteiger partial charge in [0.2, 0.25) is 0 Å².